The molecule has 0 fully saturated rings. The van der Waals surface area contributed by atoms with Crippen LogP contribution >= 0.6 is 0 Å². The van der Waals surface area contributed by atoms with Gasteiger partial charge in [0.05, 0.1) is 11.8 Å². The van der Waals surface area contributed by atoms with Gasteiger partial charge in [0.15, 0.2) is 0 Å². The van der Waals surface area contributed by atoms with Crippen molar-refractivity contribution in [1.82, 2.24) is 14.8 Å². The molecule has 2 rings (SSSR count). The number of nitrogens with one attached hydrogen (secondary N) is 1. The van der Waals surface area contributed by atoms with Crippen molar-refractivity contribution in [3.63, 3.8) is 0 Å². The fourth-order valence-corrected chi connectivity index (χ4v) is 1.74. The fourth-order valence-electron chi connectivity index (χ4n) is 1.74. The number of hydrogen-bond acceptors (Lipinski definition) is 4. The molecule has 5 nitrogen and oxygen atoms in total. The molecule has 0 atom stereocenters. The lowest BCUT2D eigenvalue weighted by atomic mass is 10.2. The molecule has 8 heteroatoms. The summed E-state index contributed by atoms with van der Waals surface area (Å²) in [5.74, 6) is -0.0510. The van der Waals surface area contributed by atoms with Crippen molar-refractivity contribution >= 4 is 11.6 Å². The molecule has 0 aliphatic carbocycles. The zero-order valence-electron chi connectivity index (χ0n) is 10.8. The Morgan fingerprint density at radius 1 is 1.35 bits per heavy atom. The number of nitrogen functional groups attached to an aromatic ring is 1. The van der Waals surface area contributed by atoms with Gasteiger partial charge in [0.2, 0.25) is 0 Å². The lowest BCUT2D eigenvalue weighted by Crippen LogP contribution is -2.11. The first-order valence-corrected chi connectivity index (χ1v) is 5.91. The Kier molecular flexibility index (Phi) is 3.82. The van der Waals surface area contributed by atoms with Crippen LogP contribution in [0.15, 0.2) is 24.5 Å². The Balaban J connectivity index is 2.00. The third kappa shape index (κ3) is 3.62. The van der Waals surface area contributed by atoms with Crippen LogP contribution in [0.2, 0.25) is 0 Å². The molecule has 0 bridgehead atoms. The van der Waals surface area contributed by atoms with Crippen LogP contribution in [0, 0.1) is 0 Å². The van der Waals surface area contributed by atoms with Crippen LogP contribution in [0.5, 0.6) is 0 Å². The molecule has 0 radical (unpaired) electrons. The molecule has 0 saturated heterocycles. The standard InChI is InChI=1S/C12H14F3N5/c1-20-7-8(6-18-20)2-3-17-11-5-9(12(13,14)15)4-10(16)19-11/h4-7H,2-3H2,1H3,(H3,16,17,19). The van der Waals surface area contributed by atoms with Crippen molar-refractivity contribution in [2.24, 2.45) is 7.05 Å². The predicted octanol–water partition coefficient (Wildman–Crippen LogP) is 2.07. The van der Waals surface area contributed by atoms with Crippen molar-refractivity contribution in [2.45, 2.75) is 12.6 Å². The summed E-state index contributed by atoms with van der Waals surface area (Å²) in [5, 5.41) is 6.83. The van der Waals surface area contributed by atoms with Gasteiger partial charge < -0.3 is 11.1 Å². The zero-order chi connectivity index (χ0) is 14.8. The minimum atomic E-state index is -4.43. The first-order chi connectivity index (χ1) is 9.34. The van der Waals surface area contributed by atoms with Crippen molar-refractivity contribution < 1.29 is 13.2 Å². The van der Waals surface area contributed by atoms with Gasteiger partial charge in [0, 0.05) is 19.8 Å². The van der Waals surface area contributed by atoms with E-state index in [9.17, 15) is 13.2 Å². The highest BCUT2D eigenvalue weighted by Crippen LogP contribution is 2.31. The van der Waals surface area contributed by atoms with Gasteiger partial charge in [-0.2, -0.15) is 18.3 Å². The maximum absolute atomic E-state index is 12.6. The van der Waals surface area contributed by atoms with Crippen LogP contribution in [0.25, 0.3) is 0 Å². The van der Waals surface area contributed by atoms with Gasteiger partial charge in [0.25, 0.3) is 0 Å². The third-order valence-electron chi connectivity index (χ3n) is 2.65. The average Bonchev–Trinajstić information content (AvgIpc) is 2.73. The van der Waals surface area contributed by atoms with Crippen LogP contribution in [0.3, 0.4) is 0 Å². The van der Waals surface area contributed by atoms with E-state index < -0.39 is 11.7 Å². The van der Waals surface area contributed by atoms with E-state index in [1.807, 2.05) is 6.20 Å². The smallest absolute Gasteiger partial charge is 0.384 e. The lowest BCUT2D eigenvalue weighted by Gasteiger charge is -2.10. The quantitative estimate of drug-likeness (QED) is 0.902. The van der Waals surface area contributed by atoms with Gasteiger partial charge in [-0.3, -0.25) is 4.68 Å². The molecule has 0 amide bonds. The summed E-state index contributed by atoms with van der Waals surface area (Å²) in [6.07, 6.45) is -0.256. The van der Waals surface area contributed by atoms with Gasteiger partial charge in [0.1, 0.15) is 11.6 Å². The highest BCUT2D eigenvalue weighted by molar-refractivity contribution is 5.47. The fraction of sp³-hybridized carbons (Fsp3) is 0.333. The minimum Gasteiger partial charge on any atom is -0.384 e. The van der Waals surface area contributed by atoms with E-state index in [1.54, 1.807) is 17.9 Å². The minimum absolute atomic E-state index is 0.112. The van der Waals surface area contributed by atoms with Crippen LogP contribution in [0.4, 0.5) is 24.8 Å². The maximum Gasteiger partial charge on any atom is 0.416 e. The van der Waals surface area contributed by atoms with Crippen LogP contribution in [0.1, 0.15) is 11.1 Å². The topological polar surface area (TPSA) is 68.8 Å². The van der Waals surface area contributed by atoms with E-state index in [1.165, 1.54) is 0 Å². The van der Waals surface area contributed by atoms with Crippen molar-refractivity contribution in [3.05, 3.63) is 35.7 Å². The molecule has 0 aliphatic rings. The number of rotatable bonds is 4. The number of aryl methyl sites for hydroxylation is 1. The largest absolute Gasteiger partial charge is 0.416 e. The average molecular weight is 285 g/mol. The van der Waals surface area contributed by atoms with E-state index in [4.69, 9.17) is 5.73 Å². The second-order valence-corrected chi connectivity index (χ2v) is 4.36. The lowest BCUT2D eigenvalue weighted by molar-refractivity contribution is -0.137. The first kappa shape index (κ1) is 14.2. The monoisotopic (exact) mass is 285 g/mol. The third-order valence-corrected chi connectivity index (χ3v) is 2.65. The van der Waals surface area contributed by atoms with Crippen molar-refractivity contribution in [3.8, 4) is 0 Å². The summed E-state index contributed by atoms with van der Waals surface area (Å²) in [5.41, 5.74) is 5.55. The van der Waals surface area contributed by atoms with Crippen LogP contribution in [-0.2, 0) is 19.6 Å². The number of hydrogen-bond donors (Lipinski definition) is 2. The van der Waals surface area contributed by atoms with E-state index >= 15 is 0 Å². The molecule has 0 unspecified atom stereocenters. The molecule has 0 aromatic carbocycles. The van der Waals surface area contributed by atoms with Gasteiger partial charge >= 0.3 is 6.18 Å². The summed E-state index contributed by atoms with van der Waals surface area (Å²) < 4.78 is 39.5. The number of anilines is 2. The van der Waals surface area contributed by atoms with E-state index in [-0.39, 0.29) is 11.6 Å². The van der Waals surface area contributed by atoms with E-state index in [2.05, 4.69) is 15.4 Å². The molecule has 108 valence electrons. The summed E-state index contributed by atoms with van der Waals surface area (Å²) >= 11 is 0. The molecular formula is C12H14F3N5. The van der Waals surface area contributed by atoms with E-state index in [0.717, 1.165) is 17.7 Å². The molecule has 3 N–H and O–H groups in total. The Labute approximate surface area is 113 Å². The number of nitrogens with zero attached hydrogens (tertiary/aromatic N) is 3. The molecule has 0 saturated carbocycles. The second kappa shape index (κ2) is 5.40. The summed E-state index contributed by atoms with van der Waals surface area (Å²) in [6, 6.07) is 1.76. The maximum atomic E-state index is 12.6. The van der Waals surface area contributed by atoms with Crippen molar-refractivity contribution in [2.75, 3.05) is 17.6 Å². The summed E-state index contributed by atoms with van der Waals surface area (Å²) in [6.45, 7) is 0.444. The summed E-state index contributed by atoms with van der Waals surface area (Å²) in [7, 11) is 1.80. The Morgan fingerprint density at radius 3 is 2.70 bits per heavy atom. The molecule has 0 aliphatic heterocycles. The van der Waals surface area contributed by atoms with Crippen LogP contribution in [-0.4, -0.2) is 21.3 Å². The number of halogens is 3. The van der Waals surface area contributed by atoms with Gasteiger partial charge in [-0.15, -0.1) is 0 Å². The highest BCUT2D eigenvalue weighted by Gasteiger charge is 2.31. The van der Waals surface area contributed by atoms with Gasteiger partial charge in [-0.1, -0.05) is 0 Å². The molecule has 20 heavy (non-hydrogen) atoms. The molecule has 2 heterocycles. The molecule has 0 spiro atoms. The highest BCUT2D eigenvalue weighted by atomic mass is 19.4. The molecule has 2 aromatic rings. The normalized spacial score (nSPS) is 11.6. The molecular weight excluding hydrogens is 271 g/mol. The van der Waals surface area contributed by atoms with E-state index in [0.29, 0.717) is 13.0 Å². The predicted molar refractivity (Wildman–Crippen MR) is 69.1 cm³/mol. The second-order valence-electron chi connectivity index (χ2n) is 4.36. The SMILES string of the molecule is Cn1cc(CCNc2cc(C(F)(F)F)cc(N)n2)cn1. The van der Waals surface area contributed by atoms with Crippen molar-refractivity contribution in [1.29, 1.82) is 0 Å². The number of alkyl halides is 3. The Morgan fingerprint density at radius 2 is 2.10 bits per heavy atom. The van der Waals surface area contributed by atoms with Crippen LogP contribution < -0.4 is 11.1 Å². The number of nitrogens with two attached hydrogens (primary N) is 1. The Bertz CT molecular complexity index is 591. The van der Waals surface area contributed by atoms with Gasteiger partial charge in [-0.05, 0) is 24.1 Å². The van der Waals surface area contributed by atoms with Gasteiger partial charge in [-0.25, -0.2) is 4.98 Å². The summed E-state index contributed by atoms with van der Waals surface area (Å²) in [4.78, 5) is 3.83. The first-order valence-electron chi connectivity index (χ1n) is 5.91. The zero-order valence-corrected chi connectivity index (χ0v) is 10.8. The number of aromatic nitrogens is 3. The molecule has 2 aromatic heterocycles. The number of pyridine rings is 1. The Hall–Kier alpha value is -2.25.